The maximum atomic E-state index is 6.28. The highest BCUT2D eigenvalue weighted by atomic mass is 35.5. The zero-order chi connectivity index (χ0) is 11.9. The summed E-state index contributed by atoms with van der Waals surface area (Å²) in [5.41, 5.74) is 8.15. The molecule has 0 spiro atoms. The maximum absolute atomic E-state index is 6.28. The summed E-state index contributed by atoms with van der Waals surface area (Å²) >= 11 is 6.28. The highest BCUT2D eigenvalue weighted by Gasteiger charge is 2.41. The van der Waals surface area contributed by atoms with E-state index in [4.69, 9.17) is 17.3 Å². The van der Waals surface area contributed by atoms with Gasteiger partial charge in [-0.05, 0) is 44.1 Å². The second-order valence-electron chi connectivity index (χ2n) is 5.28. The number of aromatic nitrogens is 2. The molecule has 0 aliphatic heterocycles. The topological polar surface area (TPSA) is 43.8 Å². The molecule has 4 heteroatoms. The van der Waals surface area contributed by atoms with Crippen molar-refractivity contribution in [3.63, 3.8) is 0 Å². The van der Waals surface area contributed by atoms with Crippen LogP contribution < -0.4 is 5.73 Å². The monoisotopic (exact) mass is 241 g/mol. The minimum absolute atomic E-state index is 0.184. The van der Waals surface area contributed by atoms with Gasteiger partial charge in [-0.1, -0.05) is 18.5 Å². The lowest BCUT2D eigenvalue weighted by molar-refractivity contribution is 0.275. The Bertz CT molecular complexity index is 395. The van der Waals surface area contributed by atoms with Crippen molar-refractivity contribution in [3.8, 4) is 0 Å². The number of nitrogens with zero attached hydrogens (tertiary/aromatic N) is 2. The van der Waals surface area contributed by atoms with Gasteiger partial charge in [-0.2, -0.15) is 5.10 Å². The van der Waals surface area contributed by atoms with Crippen molar-refractivity contribution in [2.45, 2.75) is 33.1 Å². The summed E-state index contributed by atoms with van der Waals surface area (Å²) in [6, 6.07) is 0. The van der Waals surface area contributed by atoms with Gasteiger partial charge >= 0.3 is 0 Å². The van der Waals surface area contributed by atoms with E-state index in [2.05, 4.69) is 12.0 Å². The summed E-state index contributed by atoms with van der Waals surface area (Å²) in [7, 11) is 1.96. The second kappa shape index (κ2) is 4.04. The molecule has 0 radical (unpaired) electrons. The third-order valence-electron chi connectivity index (χ3n) is 3.86. The minimum Gasteiger partial charge on any atom is -0.330 e. The summed E-state index contributed by atoms with van der Waals surface area (Å²) < 4.78 is 1.90. The Hall–Kier alpha value is -0.540. The lowest BCUT2D eigenvalue weighted by atomic mass is 9.80. The predicted molar refractivity (Wildman–Crippen MR) is 66.5 cm³/mol. The van der Waals surface area contributed by atoms with Crippen LogP contribution in [0.5, 0.6) is 0 Å². The molecule has 1 aromatic heterocycles. The average Bonchev–Trinajstić information content (AvgIpc) is 3.05. The van der Waals surface area contributed by atoms with Crippen LogP contribution in [0.15, 0.2) is 0 Å². The van der Waals surface area contributed by atoms with Crippen molar-refractivity contribution >= 4 is 11.6 Å². The number of hydrogen-bond acceptors (Lipinski definition) is 2. The Morgan fingerprint density at radius 3 is 2.56 bits per heavy atom. The molecule has 3 nitrogen and oxygen atoms in total. The first-order valence-electron chi connectivity index (χ1n) is 5.86. The molecule has 90 valence electrons. The van der Waals surface area contributed by atoms with Crippen LogP contribution in [-0.2, 0) is 13.5 Å². The van der Waals surface area contributed by atoms with Crippen LogP contribution >= 0.6 is 11.6 Å². The molecule has 2 rings (SSSR count). The molecular formula is C12H20ClN3. The molecule has 1 saturated carbocycles. The van der Waals surface area contributed by atoms with Crippen molar-refractivity contribution in [3.05, 3.63) is 16.4 Å². The van der Waals surface area contributed by atoms with Crippen molar-refractivity contribution in [2.75, 3.05) is 6.54 Å². The van der Waals surface area contributed by atoms with Gasteiger partial charge in [0.05, 0.1) is 16.4 Å². The van der Waals surface area contributed by atoms with Crippen LogP contribution in [0.1, 0.15) is 31.2 Å². The zero-order valence-corrected chi connectivity index (χ0v) is 11.0. The van der Waals surface area contributed by atoms with E-state index in [1.807, 2.05) is 18.7 Å². The van der Waals surface area contributed by atoms with E-state index in [9.17, 15) is 0 Å². The largest absolute Gasteiger partial charge is 0.330 e. The number of nitrogens with two attached hydrogens (primary N) is 1. The first-order valence-corrected chi connectivity index (χ1v) is 6.24. The van der Waals surface area contributed by atoms with E-state index in [0.29, 0.717) is 0 Å². The summed E-state index contributed by atoms with van der Waals surface area (Å²) in [5.74, 6) is 0.767. The standard InChI is InChI=1S/C12H20ClN3/c1-8-11(13)10(16(3)15-8)6-12(2,7-14)9-4-5-9/h9H,4-7,14H2,1-3H3. The summed E-state index contributed by atoms with van der Waals surface area (Å²) in [5, 5.41) is 5.16. The molecule has 1 unspecified atom stereocenters. The molecular weight excluding hydrogens is 222 g/mol. The van der Waals surface area contributed by atoms with Gasteiger partial charge in [-0.15, -0.1) is 0 Å². The molecule has 2 N–H and O–H groups in total. The lowest BCUT2D eigenvalue weighted by Gasteiger charge is -2.28. The van der Waals surface area contributed by atoms with E-state index < -0.39 is 0 Å². The highest BCUT2D eigenvalue weighted by Crippen LogP contribution is 2.47. The fourth-order valence-corrected chi connectivity index (χ4v) is 2.65. The highest BCUT2D eigenvalue weighted by molar-refractivity contribution is 6.31. The van der Waals surface area contributed by atoms with Gasteiger partial charge in [-0.3, -0.25) is 4.68 Å². The molecule has 1 aromatic rings. The van der Waals surface area contributed by atoms with Crippen molar-refractivity contribution in [1.82, 2.24) is 9.78 Å². The fourth-order valence-electron chi connectivity index (χ4n) is 2.42. The number of rotatable bonds is 4. The Morgan fingerprint density at radius 1 is 1.56 bits per heavy atom. The molecule has 1 aliphatic carbocycles. The molecule has 0 amide bonds. The van der Waals surface area contributed by atoms with Gasteiger partial charge < -0.3 is 5.73 Å². The summed E-state index contributed by atoms with van der Waals surface area (Å²) in [6.45, 7) is 4.93. The minimum atomic E-state index is 0.184. The molecule has 1 aliphatic rings. The van der Waals surface area contributed by atoms with Crippen molar-refractivity contribution in [2.24, 2.45) is 24.1 Å². The van der Waals surface area contributed by atoms with Crippen LogP contribution in [0.2, 0.25) is 5.02 Å². The Morgan fingerprint density at radius 2 is 2.19 bits per heavy atom. The first kappa shape index (κ1) is 11.9. The predicted octanol–water partition coefficient (Wildman–Crippen LogP) is 2.30. The summed E-state index contributed by atoms with van der Waals surface area (Å²) in [6.07, 6.45) is 3.55. The van der Waals surface area contributed by atoms with E-state index in [-0.39, 0.29) is 5.41 Å². The van der Waals surface area contributed by atoms with Crippen LogP contribution in [-0.4, -0.2) is 16.3 Å². The van der Waals surface area contributed by atoms with Gasteiger partial charge in [0, 0.05) is 7.05 Å². The Kier molecular flexibility index (Phi) is 3.01. The maximum Gasteiger partial charge on any atom is 0.0847 e. The van der Waals surface area contributed by atoms with Gasteiger partial charge in [0.25, 0.3) is 0 Å². The Balaban J connectivity index is 2.25. The molecule has 1 atom stereocenters. The third-order valence-corrected chi connectivity index (χ3v) is 4.35. The molecule has 0 saturated heterocycles. The summed E-state index contributed by atoms with van der Waals surface area (Å²) in [4.78, 5) is 0. The Labute approximate surface area is 102 Å². The first-order chi connectivity index (χ1) is 7.48. The van der Waals surface area contributed by atoms with Crippen LogP contribution in [0, 0.1) is 18.3 Å². The molecule has 1 fully saturated rings. The van der Waals surface area contributed by atoms with E-state index >= 15 is 0 Å². The molecule has 0 bridgehead atoms. The number of hydrogen-bond donors (Lipinski definition) is 1. The van der Waals surface area contributed by atoms with E-state index in [1.54, 1.807) is 0 Å². The third kappa shape index (κ3) is 1.98. The van der Waals surface area contributed by atoms with Crippen molar-refractivity contribution in [1.29, 1.82) is 0 Å². The van der Waals surface area contributed by atoms with Crippen LogP contribution in [0.4, 0.5) is 0 Å². The van der Waals surface area contributed by atoms with Gasteiger partial charge in [0.15, 0.2) is 0 Å². The molecule has 0 aromatic carbocycles. The van der Waals surface area contributed by atoms with E-state index in [0.717, 1.165) is 35.3 Å². The van der Waals surface area contributed by atoms with Crippen molar-refractivity contribution < 1.29 is 0 Å². The second-order valence-corrected chi connectivity index (χ2v) is 5.66. The van der Waals surface area contributed by atoms with Crippen LogP contribution in [0.3, 0.4) is 0 Å². The van der Waals surface area contributed by atoms with Gasteiger partial charge in [0.2, 0.25) is 0 Å². The SMILES string of the molecule is Cc1nn(C)c(CC(C)(CN)C2CC2)c1Cl. The fraction of sp³-hybridized carbons (Fsp3) is 0.750. The zero-order valence-electron chi connectivity index (χ0n) is 10.3. The quantitative estimate of drug-likeness (QED) is 0.879. The lowest BCUT2D eigenvalue weighted by Crippen LogP contribution is -2.32. The van der Waals surface area contributed by atoms with Gasteiger partial charge in [0.1, 0.15) is 0 Å². The van der Waals surface area contributed by atoms with E-state index in [1.165, 1.54) is 12.8 Å². The number of aryl methyl sites for hydroxylation is 2. The van der Waals surface area contributed by atoms with Crippen LogP contribution in [0.25, 0.3) is 0 Å². The average molecular weight is 242 g/mol. The number of halogens is 1. The normalized spacial score (nSPS) is 19.8. The smallest absolute Gasteiger partial charge is 0.0847 e. The van der Waals surface area contributed by atoms with Gasteiger partial charge in [-0.25, -0.2) is 0 Å². The molecule has 16 heavy (non-hydrogen) atoms. The molecule has 1 heterocycles.